The molecule has 4 heteroatoms. The Labute approximate surface area is 132 Å². The maximum Gasteiger partial charge on any atom is 0.193 e. The van der Waals surface area contributed by atoms with Gasteiger partial charge in [0.1, 0.15) is 17.1 Å². The first-order valence-electron chi connectivity index (χ1n) is 7.00. The molecule has 0 amide bonds. The van der Waals surface area contributed by atoms with Crippen molar-refractivity contribution < 1.29 is 9.15 Å². The summed E-state index contributed by atoms with van der Waals surface area (Å²) >= 11 is 0. The van der Waals surface area contributed by atoms with Crippen molar-refractivity contribution in [2.75, 3.05) is 7.11 Å². The summed E-state index contributed by atoms with van der Waals surface area (Å²) in [6, 6.07) is 15.8. The van der Waals surface area contributed by atoms with Crippen LogP contribution < -0.4 is 10.2 Å². The molecule has 1 aromatic heterocycles. The number of hydrogen-bond acceptors (Lipinski definition) is 4. The third-order valence-corrected chi connectivity index (χ3v) is 3.43. The molecule has 112 valence electrons. The number of nitrogens with zero attached hydrogens (tertiary/aromatic N) is 1. The first-order chi connectivity index (χ1) is 11.2. The van der Waals surface area contributed by atoms with E-state index in [0.29, 0.717) is 28.0 Å². The van der Waals surface area contributed by atoms with Gasteiger partial charge in [-0.05, 0) is 42.0 Å². The molecule has 0 bridgehead atoms. The molecular weight excluding hydrogens is 290 g/mol. The number of ether oxygens (including phenoxy) is 1. The lowest BCUT2D eigenvalue weighted by molar-refractivity contribution is 0.415. The van der Waals surface area contributed by atoms with E-state index in [4.69, 9.17) is 14.4 Å². The van der Waals surface area contributed by atoms with Crippen molar-refractivity contribution in [1.29, 1.82) is 5.26 Å². The van der Waals surface area contributed by atoms with Crippen LogP contribution in [0, 0.1) is 11.3 Å². The molecule has 2 aromatic carbocycles. The molecule has 0 atom stereocenters. The fourth-order valence-electron chi connectivity index (χ4n) is 2.21. The lowest BCUT2D eigenvalue weighted by Crippen LogP contribution is -2.00. The molecular formula is C19H13NO3. The van der Waals surface area contributed by atoms with E-state index < -0.39 is 0 Å². The van der Waals surface area contributed by atoms with Gasteiger partial charge in [-0.15, -0.1) is 0 Å². The molecule has 0 spiro atoms. The van der Waals surface area contributed by atoms with Crippen LogP contribution in [0.4, 0.5) is 0 Å². The second-order valence-corrected chi connectivity index (χ2v) is 4.94. The summed E-state index contributed by atoms with van der Waals surface area (Å²) in [5, 5.41) is 9.26. The predicted octanol–water partition coefficient (Wildman–Crippen LogP) is 3.84. The monoisotopic (exact) mass is 303 g/mol. The maximum absolute atomic E-state index is 12.2. The molecule has 0 saturated heterocycles. The van der Waals surface area contributed by atoms with Crippen LogP contribution >= 0.6 is 0 Å². The van der Waals surface area contributed by atoms with Crippen molar-refractivity contribution in [1.82, 2.24) is 0 Å². The van der Waals surface area contributed by atoms with Gasteiger partial charge in [0, 0.05) is 6.07 Å². The highest BCUT2D eigenvalue weighted by Gasteiger charge is 2.04. The first-order valence-corrected chi connectivity index (χ1v) is 7.00. The number of rotatable bonds is 3. The van der Waals surface area contributed by atoms with E-state index in [1.54, 1.807) is 43.5 Å². The van der Waals surface area contributed by atoms with Crippen molar-refractivity contribution in [3.05, 3.63) is 75.6 Å². The van der Waals surface area contributed by atoms with Gasteiger partial charge in [0.25, 0.3) is 0 Å². The molecule has 0 N–H and O–H groups in total. The number of methoxy groups -OCH3 is 1. The van der Waals surface area contributed by atoms with Crippen molar-refractivity contribution in [2.45, 2.75) is 0 Å². The average molecular weight is 303 g/mol. The Kier molecular flexibility index (Phi) is 3.94. The largest absolute Gasteiger partial charge is 0.497 e. The number of nitriles is 1. The van der Waals surface area contributed by atoms with E-state index in [1.807, 2.05) is 18.2 Å². The van der Waals surface area contributed by atoms with E-state index in [2.05, 4.69) is 6.07 Å². The number of hydrogen-bond donors (Lipinski definition) is 0. The van der Waals surface area contributed by atoms with Crippen molar-refractivity contribution in [2.24, 2.45) is 0 Å². The highest BCUT2D eigenvalue weighted by molar-refractivity contribution is 5.79. The van der Waals surface area contributed by atoms with Crippen LogP contribution in [-0.4, -0.2) is 7.11 Å². The van der Waals surface area contributed by atoms with Crippen LogP contribution in [-0.2, 0) is 0 Å². The van der Waals surface area contributed by atoms with Crippen molar-refractivity contribution in [3.63, 3.8) is 0 Å². The van der Waals surface area contributed by atoms with Crippen LogP contribution in [0.5, 0.6) is 5.75 Å². The predicted molar refractivity (Wildman–Crippen MR) is 89.1 cm³/mol. The van der Waals surface area contributed by atoms with Crippen LogP contribution in [0.15, 0.2) is 57.7 Å². The summed E-state index contributed by atoms with van der Waals surface area (Å²) in [6.45, 7) is 0. The minimum absolute atomic E-state index is 0.121. The molecule has 0 saturated carbocycles. The van der Waals surface area contributed by atoms with E-state index >= 15 is 0 Å². The molecule has 0 fully saturated rings. The Hall–Kier alpha value is -3.32. The van der Waals surface area contributed by atoms with E-state index in [9.17, 15) is 4.79 Å². The lowest BCUT2D eigenvalue weighted by atomic mass is 10.1. The topological polar surface area (TPSA) is 63.2 Å². The molecule has 0 aliphatic rings. The van der Waals surface area contributed by atoms with Crippen LogP contribution in [0.25, 0.3) is 23.1 Å². The molecule has 3 aromatic rings. The Morgan fingerprint density at radius 2 is 1.87 bits per heavy atom. The first kappa shape index (κ1) is 14.6. The van der Waals surface area contributed by atoms with E-state index in [1.165, 1.54) is 6.07 Å². The molecule has 4 nitrogen and oxygen atoms in total. The zero-order valence-electron chi connectivity index (χ0n) is 12.4. The van der Waals surface area contributed by atoms with Crippen LogP contribution in [0.1, 0.15) is 16.9 Å². The highest BCUT2D eigenvalue weighted by atomic mass is 16.5. The Balaban J connectivity index is 1.95. The Morgan fingerprint density at radius 1 is 1.09 bits per heavy atom. The smallest absolute Gasteiger partial charge is 0.193 e. The summed E-state index contributed by atoms with van der Waals surface area (Å²) in [5.74, 6) is 1.09. The third kappa shape index (κ3) is 3.14. The van der Waals surface area contributed by atoms with Crippen LogP contribution in [0.2, 0.25) is 0 Å². The molecule has 0 radical (unpaired) electrons. The quantitative estimate of drug-likeness (QED) is 0.737. The van der Waals surface area contributed by atoms with Crippen LogP contribution in [0.3, 0.4) is 0 Å². The lowest BCUT2D eigenvalue weighted by Gasteiger charge is -2.02. The van der Waals surface area contributed by atoms with E-state index in [0.717, 1.165) is 5.56 Å². The minimum atomic E-state index is -0.121. The fraction of sp³-hybridized carbons (Fsp3) is 0.0526. The van der Waals surface area contributed by atoms with Gasteiger partial charge >= 0.3 is 0 Å². The SMILES string of the molecule is COc1ccc2oc(/C=C/c3ccc(C#N)cc3)cc(=O)c2c1. The zero-order chi connectivity index (χ0) is 16.2. The second-order valence-electron chi connectivity index (χ2n) is 4.94. The number of benzene rings is 2. The van der Waals surface area contributed by atoms with Crippen molar-refractivity contribution >= 4 is 23.1 Å². The van der Waals surface area contributed by atoms with Gasteiger partial charge in [0.15, 0.2) is 5.43 Å². The van der Waals surface area contributed by atoms with E-state index in [-0.39, 0.29) is 5.43 Å². The fourth-order valence-corrected chi connectivity index (χ4v) is 2.21. The zero-order valence-corrected chi connectivity index (χ0v) is 12.4. The normalized spacial score (nSPS) is 10.8. The molecule has 1 heterocycles. The number of fused-ring (bicyclic) bond motifs is 1. The van der Waals surface area contributed by atoms with Gasteiger partial charge in [-0.3, -0.25) is 4.79 Å². The van der Waals surface area contributed by atoms with Gasteiger partial charge in [0.05, 0.1) is 24.1 Å². The van der Waals surface area contributed by atoms with Crippen molar-refractivity contribution in [3.8, 4) is 11.8 Å². The summed E-state index contributed by atoms with van der Waals surface area (Å²) in [4.78, 5) is 12.2. The summed E-state index contributed by atoms with van der Waals surface area (Å²) in [6.07, 6.45) is 3.56. The van der Waals surface area contributed by atoms with Gasteiger partial charge in [-0.2, -0.15) is 5.26 Å². The second kappa shape index (κ2) is 6.20. The molecule has 0 aliphatic carbocycles. The van der Waals surface area contributed by atoms with Gasteiger partial charge in [-0.1, -0.05) is 18.2 Å². The highest BCUT2D eigenvalue weighted by Crippen LogP contribution is 2.20. The summed E-state index contributed by atoms with van der Waals surface area (Å²) in [7, 11) is 1.55. The molecule has 0 aliphatic heterocycles. The van der Waals surface area contributed by atoms with Gasteiger partial charge < -0.3 is 9.15 Å². The average Bonchev–Trinajstić information content (AvgIpc) is 2.60. The molecule has 3 rings (SSSR count). The van der Waals surface area contributed by atoms with Gasteiger partial charge in [-0.25, -0.2) is 0 Å². The summed E-state index contributed by atoms with van der Waals surface area (Å²) in [5.41, 5.74) is 1.91. The van der Waals surface area contributed by atoms with Gasteiger partial charge in [0.2, 0.25) is 0 Å². The molecule has 23 heavy (non-hydrogen) atoms. The standard InChI is InChI=1S/C19H13NO3/c1-22-15-8-9-19-17(10-15)18(21)11-16(23-19)7-6-13-2-4-14(12-20)5-3-13/h2-11H,1H3/b7-6+. The summed E-state index contributed by atoms with van der Waals surface area (Å²) < 4.78 is 10.8. The molecule has 0 unspecified atom stereocenters. The maximum atomic E-state index is 12.2. The Morgan fingerprint density at radius 3 is 2.57 bits per heavy atom. The third-order valence-electron chi connectivity index (χ3n) is 3.43. The minimum Gasteiger partial charge on any atom is -0.497 e. The Bertz CT molecular complexity index is 976.